The molecule has 0 saturated carbocycles. The Balaban J connectivity index is 1.85. The van der Waals surface area contributed by atoms with E-state index in [9.17, 15) is 0 Å². The van der Waals surface area contributed by atoms with Gasteiger partial charge < -0.3 is 4.98 Å². The predicted molar refractivity (Wildman–Crippen MR) is 109 cm³/mol. The van der Waals surface area contributed by atoms with Gasteiger partial charge in [-0.25, -0.2) is 9.98 Å². The Kier molecular flexibility index (Phi) is 4.46. The lowest BCUT2D eigenvalue weighted by molar-refractivity contribution is 1.27. The standard InChI is InChI=1S/C21H15BrN4/c22-16-11-12-17-18(13-16)25-21(24-17)19(14-7-3-1-4-8-14)26-20(23)15-9-5-2-6-10-15/h1-13,23H,(H,24,25). The Labute approximate surface area is 159 Å². The second-order valence-corrected chi connectivity index (χ2v) is 6.70. The van der Waals surface area contributed by atoms with Crippen LogP contribution in [0.2, 0.25) is 0 Å². The smallest absolute Gasteiger partial charge is 0.157 e. The van der Waals surface area contributed by atoms with Crippen molar-refractivity contribution in [2.24, 2.45) is 4.99 Å². The van der Waals surface area contributed by atoms with Crippen LogP contribution in [-0.4, -0.2) is 21.5 Å². The lowest BCUT2D eigenvalue weighted by atomic mass is 10.1. The average molecular weight is 403 g/mol. The number of nitrogens with one attached hydrogen (secondary N) is 2. The van der Waals surface area contributed by atoms with Gasteiger partial charge in [-0.2, -0.15) is 0 Å². The first-order valence-corrected chi connectivity index (χ1v) is 8.94. The molecule has 1 heterocycles. The van der Waals surface area contributed by atoms with Gasteiger partial charge in [-0.05, 0) is 18.2 Å². The average Bonchev–Trinajstić information content (AvgIpc) is 3.10. The lowest BCUT2D eigenvalue weighted by Gasteiger charge is -2.05. The molecule has 0 spiro atoms. The van der Waals surface area contributed by atoms with Gasteiger partial charge in [0.2, 0.25) is 0 Å². The number of aromatic nitrogens is 2. The SMILES string of the molecule is N=C(N=C(c1ccccc1)c1nc2ccc(Br)cc2[nH]1)c1ccccc1. The Morgan fingerprint density at radius 3 is 2.23 bits per heavy atom. The van der Waals surface area contributed by atoms with Crippen LogP contribution in [0.15, 0.2) is 88.3 Å². The van der Waals surface area contributed by atoms with Gasteiger partial charge in [0.1, 0.15) is 5.71 Å². The zero-order chi connectivity index (χ0) is 17.9. The van der Waals surface area contributed by atoms with E-state index in [0.29, 0.717) is 11.5 Å². The van der Waals surface area contributed by atoms with E-state index in [4.69, 9.17) is 5.41 Å². The van der Waals surface area contributed by atoms with Crippen LogP contribution in [0.3, 0.4) is 0 Å². The fraction of sp³-hybridized carbons (Fsp3) is 0. The number of hydrogen-bond acceptors (Lipinski definition) is 2. The van der Waals surface area contributed by atoms with E-state index in [1.54, 1.807) is 0 Å². The molecule has 0 atom stereocenters. The summed E-state index contributed by atoms with van der Waals surface area (Å²) in [6.45, 7) is 0. The fourth-order valence-electron chi connectivity index (χ4n) is 2.72. The third kappa shape index (κ3) is 3.34. The summed E-state index contributed by atoms with van der Waals surface area (Å²) in [5.74, 6) is 0.844. The maximum absolute atomic E-state index is 8.39. The van der Waals surface area contributed by atoms with Crippen molar-refractivity contribution in [1.29, 1.82) is 5.41 Å². The van der Waals surface area contributed by atoms with Gasteiger partial charge in [-0.15, -0.1) is 0 Å². The third-order valence-corrected chi connectivity index (χ3v) is 4.48. The van der Waals surface area contributed by atoms with Crippen molar-refractivity contribution in [2.45, 2.75) is 0 Å². The minimum absolute atomic E-state index is 0.200. The molecule has 0 unspecified atom stereocenters. The number of aliphatic imine (C=N–C) groups is 1. The van der Waals surface area contributed by atoms with Crippen LogP contribution in [-0.2, 0) is 0 Å². The first-order valence-electron chi connectivity index (χ1n) is 8.14. The quantitative estimate of drug-likeness (QED) is 0.359. The van der Waals surface area contributed by atoms with E-state index in [0.717, 1.165) is 26.6 Å². The number of rotatable bonds is 3. The molecule has 0 aliphatic heterocycles. The molecule has 5 heteroatoms. The first kappa shape index (κ1) is 16.4. The normalized spacial score (nSPS) is 11.7. The van der Waals surface area contributed by atoms with Crippen molar-refractivity contribution >= 4 is 38.5 Å². The van der Waals surface area contributed by atoms with E-state index >= 15 is 0 Å². The van der Waals surface area contributed by atoms with E-state index in [1.807, 2.05) is 78.9 Å². The topological polar surface area (TPSA) is 64.9 Å². The van der Waals surface area contributed by atoms with Crippen molar-refractivity contribution in [3.8, 4) is 0 Å². The molecule has 0 fully saturated rings. The Bertz CT molecular complexity index is 1100. The monoisotopic (exact) mass is 402 g/mol. The predicted octanol–water partition coefficient (Wildman–Crippen LogP) is 5.19. The number of aromatic amines is 1. The molecule has 0 aliphatic rings. The molecule has 0 saturated heterocycles. The summed E-state index contributed by atoms with van der Waals surface area (Å²) < 4.78 is 0.982. The zero-order valence-electron chi connectivity index (χ0n) is 13.8. The number of halogens is 1. The molecule has 126 valence electrons. The van der Waals surface area contributed by atoms with Crippen LogP contribution in [0.4, 0.5) is 0 Å². The van der Waals surface area contributed by atoms with Gasteiger partial charge in [0, 0.05) is 15.6 Å². The van der Waals surface area contributed by atoms with Crippen LogP contribution in [0, 0.1) is 5.41 Å². The minimum Gasteiger partial charge on any atom is -0.337 e. The highest BCUT2D eigenvalue weighted by molar-refractivity contribution is 9.10. The van der Waals surface area contributed by atoms with Crippen molar-refractivity contribution in [1.82, 2.24) is 9.97 Å². The minimum atomic E-state index is 0.200. The maximum Gasteiger partial charge on any atom is 0.157 e. The Morgan fingerprint density at radius 2 is 1.54 bits per heavy atom. The van der Waals surface area contributed by atoms with Gasteiger partial charge in [-0.1, -0.05) is 76.6 Å². The van der Waals surface area contributed by atoms with Crippen LogP contribution in [0.25, 0.3) is 11.0 Å². The molecule has 0 aliphatic carbocycles. The largest absolute Gasteiger partial charge is 0.337 e. The third-order valence-electron chi connectivity index (χ3n) is 3.99. The van der Waals surface area contributed by atoms with Crippen molar-refractivity contribution in [2.75, 3.05) is 0 Å². The van der Waals surface area contributed by atoms with Crippen LogP contribution >= 0.6 is 15.9 Å². The summed E-state index contributed by atoms with van der Waals surface area (Å²) in [5, 5.41) is 8.39. The molecule has 2 N–H and O–H groups in total. The second-order valence-electron chi connectivity index (χ2n) is 5.79. The van der Waals surface area contributed by atoms with E-state index in [1.165, 1.54) is 0 Å². The fourth-order valence-corrected chi connectivity index (χ4v) is 3.08. The van der Waals surface area contributed by atoms with Crippen molar-refractivity contribution in [3.05, 3.63) is 100 Å². The van der Waals surface area contributed by atoms with E-state index in [2.05, 4.69) is 30.9 Å². The van der Waals surface area contributed by atoms with Crippen molar-refractivity contribution in [3.63, 3.8) is 0 Å². The highest BCUT2D eigenvalue weighted by Crippen LogP contribution is 2.20. The van der Waals surface area contributed by atoms with Crippen LogP contribution < -0.4 is 0 Å². The highest BCUT2D eigenvalue weighted by atomic mass is 79.9. The molecule has 4 aromatic rings. The number of imidazole rings is 1. The van der Waals surface area contributed by atoms with Gasteiger partial charge in [0.15, 0.2) is 11.7 Å². The van der Waals surface area contributed by atoms with E-state index < -0.39 is 0 Å². The first-order chi connectivity index (χ1) is 12.7. The van der Waals surface area contributed by atoms with E-state index in [-0.39, 0.29) is 5.84 Å². The molecular formula is C21H15BrN4. The molecule has 0 bridgehead atoms. The molecular weight excluding hydrogens is 388 g/mol. The number of hydrogen-bond donors (Lipinski definition) is 2. The molecule has 1 aromatic heterocycles. The van der Waals surface area contributed by atoms with Crippen LogP contribution in [0.5, 0.6) is 0 Å². The number of H-pyrrole nitrogens is 1. The molecule has 4 rings (SSSR count). The van der Waals surface area contributed by atoms with Gasteiger partial charge >= 0.3 is 0 Å². The molecule has 4 nitrogen and oxygen atoms in total. The second kappa shape index (κ2) is 7.06. The summed E-state index contributed by atoms with van der Waals surface area (Å²) in [6.07, 6.45) is 0. The van der Waals surface area contributed by atoms with Crippen LogP contribution in [0.1, 0.15) is 17.0 Å². The van der Waals surface area contributed by atoms with Crippen molar-refractivity contribution < 1.29 is 0 Å². The highest BCUT2D eigenvalue weighted by Gasteiger charge is 2.14. The zero-order valence-corrected chi connectivity index (χ0v) is 15.4. The lowest BCUT2D eigenvalue weighted by Crippen LogP contribution is -2.09. The summed E-state index contributed by atoms with van der Waals surface area (Å²) >= 11 is 3.48. The van der Waals surface area contributed by atoms with Gasteiger partial charge in [0.25, 0.3) is 0 Å². The summed E-state index contributed by atoms with van der Waals surface area (Å²) in [6, 6.07) is 25.2. The Hall–Kier alpha value is -3.05. The molecule has 0 amide bonds. The summed E-state index contributed by atoms with van der Waals surface area (Å²) in [7, 11) is 0. The molecule has 26 heavy (non-hydrogen) atoms. The Morgan fingerprint density at radius 1 is 0.885 bits per heavy atom. The summed E-state index contributed by atoms with van der Waals surface area (Å²) in [5.41, 5.74) is 4.10. The number of amidine groups is 1. The number of fused-ring (bicyclic) bond motifs is 1. The maximum atomic E-state index is 8.39. The summed E-state index contributed by atoms with van der Waals surface area (Å²) in [4.78, 5) is 12.6. The van der Waals surface area contributed by atoms with Gasteiger partial charge in [-0.3, -0.25) is 5.41 Å². The number of benzene rings is 3. The molecule has 3 aromatic carbocycles. The number of nitrogens with zero attached hydrogens (tertiary/aromatic N) is 2. The van der Waals surface area contributed by atoms with Gasteiger partial charge in [0.05, 0.1) is 11.0 Å². The molecule has 0 radical (unpaired) electrons.